The molecule has 0 aliphatic heterocycles. The molecule has 0 aromatic rings. The van der Waals surface area contributed by atoms with Crippen molar-refractivity contribution in [1.82, 2.24) is 5.32 Å². The second-order valence-corrected chi connectivity index (χ2v) is 10.2. The first-order valence-electron chi connectivity index (χ1n) is 9.15. The molecule has 3 heteroatoms. The Morgan fingerprint density at radius 1 is 0.696 bits per heavy atom. The topological polar surface area (TPSA) is 30.5 Å². The van der Waals surface area contributed by atoms with Crippen LogP contribution in [-0.2, 0) is 9.47 Å². The molecule has 23 heavy (non-hydrogen) atoms. The molecular weight excluding hydrogens is 286 g/mol. The second-order valence-electron chi connectivity index (χ2n) is 10.2. The summed E-state index contributed by atoms with van der Waals surface area (Å²) in [4.78, 5) is 0. The highest BCUT2D eigenvalue weighted by atomic mass is 16.5. The van der Waals surface area contributed by atoms with E-state index < -0.39 is 0 Å². The number of hydrogen-bond donors (Lipinski definition) is 1. The van der Waals surface area contributed by atoms with E-state index in [4.69, 9.17) is 9.47 Å². The summed E-state index contributed by atoms with van der Waals surface area (Å²) in [5, 5.41) is 3.53. The Hall–Kier alpha value is -0.120. The summed E-state index contributed by atoms with van der Waals surface area (Å²) in [6, 6.07) is 0. The van der Waals surface area contributed by atoms with Crippen molar-refractivity contribution in [2.24, 2.45) is 5.41 Å². The molecule has 0 radical (unpaired) electrons. The zero-order valence-electron chi connectivity index (χ0n) is 17.6. The van der Waals surface area contributed by atoms with E-state index in [1.807, 2.05) is 0 Å². The number of nitrogens with one attached hydrogen (secondary N) is 1. The molecule has 0 unspecified atom stereocenters. The van der Waals surface area contributed by atoms with Gasteiger partial charge in [0, 0.05) is 5.54 Å². The minimum atomic E-state index is -0.128. The Bertz CT molecular complexity index is 322. The van der Waals surface area contributed by atoms with Crippen LogP contribution in [0.5, 0.6) is 0 Å². The van der Waals surface area contributed by atoms with Crippen LogP contribution in [0.3, 0.4) is 0 Å². The second kappa shape index (κ2) is 8.82. The van der Waals surface area contributed by atoms with Crippen LogP contribution in [-0.4, -0.2) is 36.5 Å². The molecule has 0 aromatic carbocycles. The van der Waals surface area contributed by atoms with E-state index in [1.165, 1.54) is 0 Å². The third kappa shape index (κ3) is 15.2. The number of ether oxygens (including phenoxy) is 2. The molecule has 0 amide bonds. The number of rotatable bonds is 10. The fourth-order valence-electron chi connectivity index (χ4n) is 2.11. The molecular formula is C20H43NO2. The first-order valence-corrected chi connectivity index (χ1v) is 9.15. The molecule has 0 aliphatic carbocycles. The lowest BCUT2D eigenvalue weighted by atomic mass is 9.97. The van der Waals surface area contributed by atoms with Gasteiger partial charge in [0.15, 0.2) is 0 Å². The first-order chi connectivity index (χ1) is 10.1. The summed E-state index contributed by atoms with van der Waals surface area (Å²) >= 11 is 0. The van der Waals surface area contributed by atoms with Gasteiger partial charge >= 0.3 is 0 Å². The monoisotopic (exact) mass is 329 g/mol. The van der Waals surface area contributed by atoms with Gasteiger partial charge in [-0.15, -0.1) is 0 Å². The molecule has 0 aromatic heterocycles. The van der Waals surface area contributed by atoms with E-state index in [9.17, 15) is 0 Å². The van der Waals surface area contributed by atoms with Gasteiger partial charge in [0.1, 0.15) is 0 Å². The highest BCUT2D eigenvalue weighted by molar-refractivity contribution is 4.75. The SMILES string of the molecule is CC(C)(C)COC(C)(C)CCOC(C)(C)CCCNC(C)(C)C. The van der Waals surface area contributed by atoms with E-state index in [-0.39, 0.29) is 22.2 Å². The Morgan fingerprint density at radius 3 is 1.70 bits per heavy atom. The minimum Gasteiger partial charge on any atom is -0.375 e. The van der Waals surface area contributed by atoms with Gasteiger partial charge in [0.2, 0.25) is 0 Å². The van der Waals surface area contributed by atoms with E-state index in [2.05, 4.69) is 74.6 Å². The van der Waals surface area contributed by atoms with E-state index in [1.54, 1.807) is 0 Å². The van der Waals surface area contributed by atoms with Crippen molar-refractivity contribution in [3.8, 4) is 0 Å². The molecule has 0 atom stereocenters. The molecule has 0 saturated carbocycles. The Kier molecular flexibility index (Phi) is 8.78. The first kappa shape index (κ1) is 22.9. The summed E-state index contributed by atoms with van der Waals surface area (Å²) < 4.78 is 12.2. The third-order valence-electron chi connectivity index (χ3n) is 3.70. The zero-order chi connectivity index (χ0) is 18.4. The Labute approximate surface area is 145 Å². The van der Waals surface area contributed by atoms with Crippen LogP contribution >= 0.6 is 0 Å². The van der Waals surface area contributed by atoms with Crippen molar-refractivity contribution in [2.75, 3.05) is 19.8 Å². The van der Waals surface area contributed by atoms with Gasteiger partial charge in [-0.1, -0.05) is 20.8 Å². The van der Waals surface area contributed by atoms with Crippen LogP contribution in [0.15, 0.2) is 0 Å². The van der Waals surface area contributed by atoms with Gasteiger partial charge < -0.3 is 14.8 Å². The van der Waals surface area contributed by atoms with Crippen LogP contribution < -0.4 is 5.32 Å². The molecule has 0 aliphatic rings. The summed E-state index contributed by atoms with van der Waals surface area (Å²) in [6.07, 6.45) is 3.13. The van der Waals surface area contributed by atoms with Crippen LogP contribution in [0.25, 0.3) is 0 Å². The molecule has 0 spiro atoms. The van der Waals surface area contributed by atoms with Crippen molar-refractivity contribution in [1.29, 1.82) is 0 Å². The normalized spacial score (nSPS) is 14.3. The minimum absolute atomic E-state index is 0.0698. The average molecular weight is 330 g/mol. The van der Waals surface area contributed by atoms with Gasteiger partial charge in [-0.3, -0.25) is 0 Å². The molecule has 0 rings (SSSR count). The zero-order valence-corrected chi connectivity index (χ0v) is 17.6. The van der Waals surface area contributed by atoms with Crippen molar-refractivity contribution in [3.05, 3.63) is 0 Å². The maximum Gasteiger partial charge on any atom is 0.0648 e. The Balaban J connectivity index is 3.99. The maximum absolute atomic E-state index is 6.12. The van der Waals surface area contributed by atoms with Gasteiger partial charge in [0.05, 0.1) is 24.4 Å². The van der Waals surface area contributed by atoms with Crippen molar-refractivity contribution in [3.63, 3.8) is 0 Å². The molecule has 0 fully saturated rings. The standard InChI is InChI=1S/C20H43NO2/c1-17(2,3)16-23-20(9,10)13-15-22-19(7,8)12-11-14-21-18(4,5)6/h21H,11-16H2,1-10H3. The lowest BCUT2D eigenvalue weighted by molar-refractivity contribution is -0.0893. The number of hydrogen-bond acceptors (Lipinski definition) is 3. The lowest BCUT2D eigenvalue weighted by Crippen LogP contribution is -2.37. The van der Waals surface area contributed by atoms with E-state index in [0.717, 1.165) is 39.0 Å². The van der Waals surface area contributed by atoms with Gasteiger partial charge in [-0.05, 0) is 79.7 Å². The summed E-state index contributed by atoms with van der Waals surface area (Å²) in [5.74, 6) is 0. The largest absolute Gasteiger partial charge is 0.375 e. The highest BCUT2D eigenvalue weighted by Gasteiger charge is 2.24. The smallest absolute Gasteiger partial charge is 0.0648 e. The van der Waals surface area contributed by atoms with Crippen molar-refractivity contribution in [2.45, 2.75) is 105 Å². The Morgan fingerprint density at radius 2 is 1.22 bits per heavy atom. The predicted molar refractivity (Wildman–Crippen MR) is 101 cm³/mol. The van der Waals surface area contributed by atoms with Gasteiger partial charge in [0.25, 0.3) is 0 Å². The van der Waals surface area contributed by atoms with Crippen LogP contribution in [0.2, 0.25) is 0 Å². The summed E-state index contributed by atoms with van der Waals surface area (Å²) in [7, 11) is 0. The van der Waals surface area contributed by atoms with Crippen molar-refractivity contribution < 1.29 is 9.47 Å². The third-order valence-corrected chi connectivity index (χ3v) is 3.70. The fourth-order valence-corrected chi connectivity index (χ4v) is 2.11. The van der Waals surface area contributed by atoms with Gasteiger partial charge in [-0.25, -0.2) is 0 Å². The van der Waals surface area contributed by atoms with Crippen LogP contribution in [0.1, 0.15) is 88.5 Å². The molecule has 0 heterocycles. The molecule has 140 valence electrons. The quantitative estimate of drug-likeness (QED) is 0.560. The highest BCUT2D eigenvalue weighted by Crippen LogP contribution is 2.23. The molecule has 0 bridgehead atoms. The summed E-state index contributed by atoms with van der Waals surface area (Å²) in [6.45, 7) is 24.5. The molecule has 3 nitrogen and oxygen atoms in total. The maximum atomic E-state index is 6.12. The lowest BCUT2D eigenvalue weighted by Gasteiger charge is -2.32. The molecule has 1 N–H and O–H groups in total. The van der Waals surface area contributed by atoms with E-state index in [0.29, 0.717) is 0 Å². The van der Waals surface area contributed by atoms with Crippen molar-refractivity contribution >= 4 is 0 Å². The fraction of sp³-hybridized carbons (Fsp3) is 1.00. The molecule has 0 saturated heterocycles. The summed E-state index contributed by atoms with van der Waals surface area (Å²) in [5.41, 5.74) is 0.202. The predicted octanol–water partition coefficient (Wildman–Crippen LogP) is 5.18. The van der Waals surface area contributed by atoms with Gasteiger partial charge in [-0.2, -0.15) is 0 Å². The van der Waals surface area contributed by atoms with E-state index >= 15 is 0 Å². The average Bonchev–Trinajstić information content (AvgIpc) is 2.30. The van der Waals surface area contributed by atoms with Crippen LogP contribution in [0.4, 0.5) is 0 Å². The van der Waals surface area contributed by atoms with Crippen LogP contribution in [0, 0.1) is 5.41 Å².